The Hall–Kier alpha value is -1.21. The minimum absolute atomic E-state index is 0.230. The second-order valence-corrected chi connectivity index (χ2v) is 34.9. The van der Waals surface area contributed by atoms with E-state index < -0.39 is 124 Å². The highest BCUT2D eigenvalue weighted by molar-refractivity contribution is 5.76. The van der Waals surface area contributed by atoms with Gasteiger partial charge in [0.25, 0.3) is 0 Å². The molecule has 3 aliphatic rings. The zero-order chi connectivity index (χ0) is 81.0. The lowest BCUT2D eigenvalue weighted by atomic mass is 9.96. The zero-order valence-corrected chi connectivity index (χ0v) is 72.2. The quantitative estimate of drug-likeness (QED) is 0.0252. The predicted octanol–water partition coefficient (Wildman–Crippen LogP) is 19.3. The molecule has 19 heteroatoms. The van der Waals surface area contributed by atoms with Crippen molar-refractivity contribution in [2.75, 3.05) is 26.4 Å². The molecule has 3 fully saturated rings. The molecule has 3 saturated heterocycles. The van der Waals surface area contributed by atoms with E-state index in [0.717, 1.165) is 44.9 Å². The number of aliphatic hydroxyl groups is 11. The van der Waals surface area contributed by atoms with Crippen LogP contribution in [0.1, 0.15) is 457 Å². The molecule has 0 bridgehead atoms. The number of unbranched alkanes of at least 4 members (excludes halogenated alkanes) is 65. The smallest absolute Gasteiger partial charge is 0.220 e. The standard InChI is InChI=1S/C93H181NO18/c1-3-5-7-9-11-13-15-17-19-21-23-25-27-29-31-33-35-36-37-38-39-41-43-45-47-49-51-53-55-57-59-61-63-65-67-69-71-81(99)94-76(77(98)70-68-66-64-62-60-58-56-54-52-50-48-46-44-42-40-34-32-30-28-26-24-22-20-18-16-14-12-10-8-6-4-2)75-107-91-87(105)84(102)89(79(73-96)109-91)112-93-88(106)85(103)90(80(74-97)110-93)111-92-86(104)83(101)82(100)78(72-95)108-92/h76-80,82-93,95-98,100-106H,3-75H2,1-2H3,(H,94,99). The van der Waals surface area contributed by atoms with E-state index in [9.17, 15) is 61.0 Å². The third-order valence-corrected chi connectivity index (χ3v) is 24.7. The van der Waals surface area contributed by atoms with Crippen molar-refractivity contribution < 1.29 is 89.4 Å². The van der Waals surface area contributed by atoms with Crippen LogP contribution in [-0.4, -0.2) is 193 Å². The van der Waals surface area contributed by atoms with Gasteiger partial charge in [0, 0.05) is 6.42 Å². The first-order chi connectivity index (χ1) is 54.8. The monoisotopic (exact) mass is 1600 g/mol. The van der Waals surface area contributed by atoms with Gasteiger partial charge in [-0.3, -0.25) is 4.79 Å². The van der Waals surface area contributed by atoms with Gasteiger partial charge in [-0.25, -0.2) is 0 Å². The molecule has 0 aromatic rings. The van der Waals surface area contributed by atoms with E-state index in [1.165, 1.54) is 379 Å². The number of hydrogen-bond donors (Lipinski definition) is 12. The van der Waals surface area contributed by atoms with Gasteiger partial charge in [-0.05, 0) is 12.8 Å². The maximum Gasteiger partial charge on any atom is 0.220 e. The SMILES string of the molecule is CCCCCCCCCCCCCCCCCCCCCCCCCCCCCCCCCCCCCCC(=O)NC(COC1OC(CO)C(OC2OC(CO)C(OC3OC(CO)C(O)C(O)C3O)C(O)C2O)C(O)C1O)C(O)CCCCCCCCCCCCCCCCCCCCCCCCCCCCCCCCC. The lowest BCUT2D eigenvalue weighted by Crippen LogP contribution is -2.66. The van der Waals surface area contributed by atoms with Crippen LogP contribution in [0.25, 0.3) is 0 Å². The molecule has 1 amide bonds. The number of hydrogen-bond acceptors (Lipinski definition) is 18. The van der Waals surface area contributed by atoms with Crippen molar-refractivity contribution in [1.29, 1.82) is 0 Å². The molecule has 0 radical (unpaired) electrons. The fourth-order valence-electron chi connectivity index (χ4n) is 17.0. The number of carbonyl (C=O) groups excluding carboxylic acids is 1. The van der Waals surface area contributed by atoms with E-state index in [2.05, 4.69) is 19.2 Å². The van der Waals surface area contributed by atoms with Crippen LogP contribution in [0.3, 0.4) is 0 Å². The molecule has 0 spiro atoms. The van der Waals surface area contributed by atoms with Crippen molar-refractivity contribution in [2.24, 2.45) is 0 Å². The molecule has 0 aromatic heterocycles. The summed E-state index contributed by atoms with van der Waals surface area (Å²) in [5, 5.41) is 121. The Bertz CT molecular complexity index is 2010. The summed E-state index contributed by atoms with van der Waals surface area (Å²) in [6, 6.07) is -0.885. The molecule has 3 aliphatic heterocycles. The number of rotatable bonds is 81. The van der Waals surface area contributed by atoms with Gasteiger partial charge in [-0.2, -0.15) is 0 Å². The van der Waals surface area contributed by atoms with Gasteiger partial charge in [0.1, 0.15) is 73.2 Å². The zero-order valence-electron chi connectivity index (χ0n) is 72.2. The van der Waals surface area contributed by atoms with Gasteiger partial charge in [-0.15, -0.1) is 0 Å². The fourth-order valence-corrected chi connectivity index (χ4v) is 17.0. The highest BCUT2D eigenvalue weighted by Crippen LogP contribution is 2.34. The molecular formula is C93H181NO18. The van der Waals surface area contributed by atoms with Crippen molar-refractivity contribution >= 4 is 5.91 Å². The summed E-state index contributed by atoms with van der Waals surface area (Å²) < 4.78 is 34.6. The van der Waals surface area contributed by atoms with Crippen LogP contribution in [-0.2, 0) is 33.2 Å². The minimum Gasteiger partial charge on any atom is -0.394 e. The molecule has 3 rings (SSSR count). The molecule has 112 heavy (non-hydrogen) atoms. The first kappa shape index (κ1) is 105. The molecule has 12 N–H and O–H groups in total. The lowest BCUT2D eigenvalue weighted by Gasteiger charge is -2.48. The summed E-state index contributed by atoms with van der Waals surface area (Å²) in [7, 11) is 0. The highest BCUT2D eigenvalue weighted by atomic mass is 16.8. The van der Waals surface area contributed by atoms with Crippen LogP contribution in [0, 0.1) is 0 Å². The Balaban J connectivity index is 1.29. The summed E-state index contributed by atoms with van der Waals surface area (Å²) in [5.41, 5.74) is 0. The van der Waals surface area contributed by atoms with Crippen molar-refractivity contribution in [3.63, 3.8) is 0 Å². The Morgan fingerprint density at radius 1 is 0.286 bits per heavy atom. The first-order valence-corrected chi connectivity index (χ1v) is 48.3. The molecular weight excluding hydrogens is 1420 g/mol. The molecule has 0 aliphatic carbocycles. The third-order valence-electron chi connectivity index (χ3n) is 24.7. The fraction of sp³-hybridized carbons (Fsp3) is 0.989. The maximum atomic E-state index is 13.6. The van der Waals surface area contributed by atoms with Gasteiger partial charge in [0.2, 0.25) is 5.91 Å². The molecule has 19 nitrogen and oxygen atoms in total. The summed E-state index contributed by atoms with van der Waals surface area (Å²) in [4.78, 5) is 13.6. The average molecular weight is 1600 g/mol. The largest absolute Gasteiger partial charge is 0.394 e. The van der Waals surface area contributed by atoms with E-state index in [1.807, 2.05) is 0 Å². The second-order valence-electron chi connectivity index (χ2n) is 34.9. The first-order valence-electron chi connectivity index (χ1n) is 48.3. The maximum absolute atomic E-state index is 13.6. The Morgan fingerprint density at radius 3 is 0.777 bits per heavy atom. The van der Waals surface area contributed by atoms with Gasteiger partial charge in [0.05, 0.1) is 38.6 Å². The van der Waals surface area contributed by atoms with Gasteiger partial charge in [-0.1, -0.05) is 438 Å². The van der Waals surface area contributed by atoms with E-state index in [-0.39, 0.29) is 18.9 Å². The van der Waals surface area contributed by atoms with Crippen LogP contribution >= 0.6 is 0 Å². The van der Waals surface area contributed by atoms with Crippen LogP contribution in [0.4, 0.5) is 0 Å². The second kappa shape index (κ2) is 73.7. The van der Waals surface area contributed by atoms with Crippen molar-refractivity contribution in [1.82, 2.24) is 5.32 Å². The topological polar surface area (TPSA) is 307 Å². The lowest BCUT2D eigenvalue weighted by molar-refractivity contribution is -0.379. The predicted molar refractivity (Wildman–Crippen MR) is 453 cm³/mol. The van der Waals surface area contributed by atoms with E-state index in [1.54, 1.807) is 0 Å². The van der Waals surface area contributed by atoms with Gasteiger partial charge < -0.3 is 89.9 Å². The highest BCUT2D eigenvalue weighted by Gasteiger charge is 2.54. The Morgan fingerprint density at radius 2 is 0.509 bits per heavy atom. The van der Waals surface area contributed by atoms with Crippen molar-refractivity contribution in [3.05, 3.63) is 0 Å². The van der Waals surface area contributed by atoms with Crippen LogP contribution < -0.4 is 5.32 Å². The van der Waals surface area contributed by atoms with E-state index in [4.69, 9.17) is 28.4 Å². The van der Waals surface area contributed by atoms with Gasteiger partial charge >= 0.3 is 0 Å². The number of ether oxygens (including phenoxy) is 6. The normalized spacial score (nSPS) is 24.8. The van der Waals surface area contributed by atoms with E-state index in [0.29, 0.717) is 12.8 Å². The average Bonchev–Trinajstić information content (AvgIpc) is 0.782. The molecule has 17 atom stereocenters. The Labute approximate surface area is 684 Å². The van der Waals surface area contributed by atoms with Crippen molar-refractivity contribution in [3.8, 4) is 0 Å². The summed E-state index contributed by atoms with van der Waals surface area (Å²) in [6.45, 7) is 1.90. The molecule has 3 heterocycles. The summed E-state index contributed by atoms with van der Waals surface area (Å²) in [5.74, 6) is -0.230. The van der Waals surface area contributed by atoms with Crippen LogP contribution in [0.5, 0.6) is 0 Å². The minimum atomic E-state index is -1.97. The van der Waals surface area contributed by atoms with Crippen LogP contribution in [0.2, 0.25) is 0 Å². The molecule has 0 aromatic carbocycles. The number of nitrogens with one attached hydrogen (secondary N) is 1. The summed E-state index contributed by atoms with van der Waals surface area (Å²) in [6.07, 6.45) is 63.8. The Kier molecular flexibility index (Phi) is 69.1. The van der Waals surface area contributed by atoms with E-state index >= 15 is 0 Å². The van der Waals surface area contributed by atoms with Crippen LogP contribution in [0.15, 0.2) is 0 Å². The van der Waals surface area contributed by atoms with Crippen molar-refractivity contribution in [2.45, 2.75) is 561 Å². The number of carbonyl (C=O) groups is 1. The number of amides is 1. The third kappa shape index (κ3) is 51.4. The molecule has 0 saturated carbocycles. The molecule has 17 unspecified atom stereocenters. The molecule has 666 valence electrons. The summed E-state index contributed by atoms with van der Waals surface area (Å²) >= 11 is 0. The van der Waals surface area contributed by atoms with Gasteiger partial charge in [0.15, 0.2) is 18.9 Å². The number of aliphatic hydroxyl groups excluding tert-OH is 11.